The number of benzene rings is 1. The molecule has 0 radical (unpaired) electrons. The van der Waals surface area contributed by atoms with Crippen molar-refractivity contribution >= 4 is 5.91 Å². The van der Waals surface area contributed by atoms with Crippen LogP contribution in [-0.2, 0) is 6.54 Å². The fourth-order valence-corrected chi connectivity index (χ4v) is 4.80. The van der Waals surface area contributed by atoms with Crippen molar-refractivity contribution in [1.82, 2.24) is 14.9 Å². The lowest BCUT2D eigenvalue weighted by molar-refractivity contribution is 0.0906. The lowest BCUT2D eigenvalue weighted by Crippen LogP contribution is -2.41. The molecule has 4 unspecified atom stereocenters. The summed E-state index contributed by atoms with van der Waals surface area (Å²) in [6.07, 6.45) is 6.74. The number of imidazole rings is 1. The van der Waals surface area contributed by atoms with Gasteiger partial charge in [-0.1, -0.05) is 36.8 Å². The SMILES string of the molecule is CC(NC(=O)c1c[nH]c(=O)n1Cc1ccccc1)C1CC2CCC1C2. The minimum atomic E-state index is -0.249. The summed E-state index contributed by atoms with van der Waals surface area (Å²) in [7, 11) is 0. The Morgan fingerprint density at radius 3 is 2.76 bits per heavy atom. The van der Waals surface area contributed by atoms with Crippen LogP contribution in [0, 0.1) is 17.8 Å². The predicted octanol–water partition coefficient (Wildman–Crippen LogP) is 2.78. The predicted molar refractivity (Wildman–Crippen MR) is 96.5 cm³/mol. The first-order valence-corrected chi connectivity index (χ1v) is 9.25. The van der Waals surface area contributed by atoms with Gasteiger partial charge in [0.05, 0.1) is 6.54 Å². The highest BCUT2D eigenvalue weighted by molar-refractivity contribution is 5.92. The van der Waals surface area contributed by atoms with E-state index in [0.717, 1.165) is 17.4 Å². The van der Waals surface area contributed by atoms with Crippen molar-refractivity contribution in [3.63, 3.8) is 0 Å². The van der Waals surface area contributed by atoms with Crippen LogP contribution in [0.2, 0.25) is 0 Å². The van der Waals surface area contributed by atoms with Crippen molar-refractivity contribution in [2.45, 2.75) is 45.2 Å². The van der Waals surface area contributed by atoms with Crippen molar-refractivity contribution in [3.8, 4) is 0 Å². The van der Waals surface area contributed by atoms with Crippen LogP contribution in [0.15, 0.2) is 41.3 Å². The van der Waals surface area contributed by atoms with E-state index >= 15 is 0 Å². The summed E-state index contributed by atoms with van der Waals surface area (Å²) in [4.78, 5) is 27.5. The molecule has 5 nitrogen and oxygen atoms in total. The van der Waals surface area contributed by atoms with Crippen LogP contribution in [0.3, 0.4) is 0 Å². The third-order valence-electron chi connectivity index (χ3n) is 6.08. The van der Waals surface area contributed by atoms with Crippen molar-refractivity contribution in [2.75, 3.05) is 0 Å². The first-order valence-electron chi connectivity index (χ1n) is 9.25. The van der Waals surface area contributed by atoms with Gasteiger partial charge in [-0.3, -0.25) is 9.36 Å². The van der Waals surface area contributed by atoms with Gasteiger partial charge in [0, 0.05) is 12.2 Å². The fourth-order valence-electron chi connectivity index (χ4n) is 4.80. The molecule has 1 heterocycles. The van der Waals surface area contributed by atoms with E-state index in [1.54, 1.807) is 0 Å². The number of carbonyl (C=O) groups excluding carboxylic acids is 1. The number of nitrogens with one attached hydrogen (secondary N) is 2. The lowest BCUT2D eigenvalue weighted by Gasteiger charge is -2.28. The monoisotopic (exact) mass is 339 g/mol. The number of amides is 1. The smallest absolute Gasteiger partial charge is 0.326 e. The Balaban J connectivity index is 1.48. The Kier molecular flexibility index (Phi) is 4.24. The standard InChI is InChI=1S/C20H25N3O2/c1-13(17-10-15-7-8-16(17)9-15)22-19(24)18-11-21-20(25)23(18)12-14-5-3-2-4-6-14/h2-6,11,13,15-17H,7-10,12H2,1H3,(H,21,25)(H,22,24). The van der Waals surface area contributed by atoms with Gasteiger partial charge in [-0.05, 0) is 49.5 Å². The molecule has 132 valence electrons. The molecular weight excluding hydrogens is 314 g/mol. The summed E-state index contributed by atoms with van der Waals surface area (Å²) >= 11 is 0. The van der Waals surface area contributed by atoms with Gasteiger partial charge in [0.15, 0.2) is 0 Å². The van der Waals surface area contributed by atoms with Crippen LogP contribution >= 0.6 is 0 Å². The van der Waals surface area contributed by atoms with E-state index in [1.165, 1.54) is 36.4 Å². The molecule has 2 N–H and O–H groups in total. The topological polar surface area (TPSA) is 66.9 Å². The highest BCUT2D eigenvalue weighted by atomic mass is 16.2. The largest absolute Gasteiger partial charge is 0.348 e. The van der Waals surface area contributed by atoms with E-state index in [0.29, 0.717) is 18.2 Å². The molecule has 25 heavy (non-hydrogen) atoms. The molecule has 4 atom stereocenters. The van der Waals surface area contributed by atoms with Crippen LogP contribution in [0.5, 0.6) is 0 Å². The first-order chi connectivity index (χ1) is 12.1. The highest BCUT2D eigenvalue weighted by Crippen LogP contribution is 2.49. The van der Waals surface area contributed by atoms with Crippen molar-refractivity contribution in [2.24, 2.45) is 17.8 Å². The number of aromatic nitrogens is 2. The molecule has 2 aromatic rings. The van der Waals surface area contributed by atoms with E-state index in [9.17, 15) is 9.59 Å². The van der Waals surface area contributed by atoms with Gasteiger partial charge >= 0.3 is 5.69 Å². The summed E-state index contributed by atoms with van der Waals surface area (Å²) < 4.78 is 1.51. The summed E-state index contributed by atoms with van der Waals surface area (Å²) in [6.45, 7) is 2.50. The zero-order valence-corrected chi connectivity index (χ0v) is 14.6. The molecule has 2 fully saturated rings. The third-order valence-corrected chi connectivity index (χ3v) is 6.08. The number of nitrogens with zero attached hydrogens (tertiary/aromatic N) is 1. The molecule has 4 rings (SSSR count). The average molecular weight is 339 g/mol. The van der Waals surface area contributed by atoms with Gasteiger partial charge in [0.1, 0.15) is 5.69 Å². The van der Waals surface area contributed by atoms with Gasteiger partial charge in [0.25, 0.3) is 5.91 Å². The van der Waals surface area contributed by atoms with E-state index < -0.39 is 0 Å². The highest BCUT2D eigenvalue weighted by Gasteiger charge is 2.42. The van der Waals surface area contributed by atoms with Crippen molar-refractivity contribution < 1.29 is 4.79 Å². The summed E-state index contributed by atoms with van der Waals surface area (Å²) in [5, 5.41) is 3.14. The number of hydrogen-bond acceptors (Lipinski definition) is 2. The minimum absolute atomic E-state index is 0.151. The first kappa shape index (κ1) is 16.2. The Morgan fingerprint density at radius 1 is 1.28 bits per heavy atom. The van der Waals surface area contributed by atoms with Crippen LogP contribution < -0.4 is 11.0 Å². The minimum Gasteiger partial charge on any atom is -0.348 e. The third kappa shape index (κ3) is 3.15. The molecule has 1 aromatic heterocycles. The number of fused-ring (bicyclic) bond motifs is 2. The molecule has 1 aromatic carbocycles. The maximum absolute atomic E-state index is 12.8. The van der Waals surface area contributed by atoms with Gasteiger partial charge in [-0.2, -0.15) is 0 Å². The molecule has 2 aliphatic rings. The summed E-state index contributed by atoms with van der Waals surface area (Å²) in [5.74, 6) is 2.04. The fraction of sp³-hybridized carbons (Fsp3) is 0.500. The second-order valence-corrected chi connectivity index (χ2v) is 7.65. The van der Waals surface area contributed by atoms with Crippen LogP contribution in [0.25, 0.3) is 0 Å². The quantitative estimate of drug-likeness (QED) is 0.879. The summed E-state index contributed by atoms with van der Waals surface area (Å²) in [6, 6.07) is 9.87. The molecule has 5 heteroatoms. The van der Waals surface area contributed by atoms with Crippen LogP contribution in [0.4, 0.5) is 0 Å². The van der Waals surface area contributed by atoms with Gasteiger partial charge < -0.3 is 10.3 Å². The number of rotatable bonds is 5. The van der Waals surface area contributed by atoms with E-state index in [4.69, 9.17) is 0 Å². The Morgan fingerprint density at radius 2 is 2.08 bits per heavy atom. The van der Waals surface area contributed by atoms with E-state index in [1.807, 2.05) is 30.3 Å². The second-order valence-electron chi connectivity index (χ2n) is 7.65. The molecular formula is C20H25N3O2. The molecule has 2 saturated carbocycles. The maximum Gasteiger partial charge on any atom is 0.326 e. The molecule has 0 saturated heterocycles. The molecule has 2 bridgehead atoms. The number of H-pyrrole nitrogens is 1. The number of aromatic amines is 1. The number of carbonyl (C=O) groups is 1. The van der Waals surface area contributed by atoms with Crippen LogP contribution in [0.1, 0.15) is 48.7 Å². The zero-order chi connectivity index (χ0) is 17.4. The van der Waals surface area contributed by atoms with Gasteiger partial charge in [0.2, 0.25) is 0 Å². The zero-order valence-electron chi connectivity index (χ0n) is 14.6. The average Bonchev–Trinajstić information content (AvgIpc) is 3.32. The Hall–Kier alpha value is -2.30. The molecule has 0 spiro atoms. The van der Waals surface area contributed by atoms with Gasteiger partial charge in [-0.15, -0.1) is 0 Å². The molecule has 2 aliphatic carbocycles. The number of hydrogen-bond donors (Lipinski definition) is 2. The van der Waals surface area contributed by atoms with E-state index in [-0.39, 0.29) is 17.6 Å². The molecule has 1 amide bonds. The summed E-state index contributed by atoms with van der Waals surface area (Å²) in [5.41, 5.74) is 1.16. The second kappa shape index (κ2) is 6.54. The Labute approximate surface area is 147 Å². The normalized spacial score (nSPS) is 25.9. The van der Waals surface area contributed by atoms with E-state index in [2.05, 4.69) is 17.2 Å². The lowest BCUT2D eigenvalue weighted by atomic mass is 9.84. The van der Waals surface area contributed by atoms with Crippen molar-refractivity contribution in [1.29, 1.82) is 0 Å². The maximum atomic E-state index is 12.8. The Bertz CT molecular complexity index is 808. The van der Waals surface area contributed by atoms with Gasteiger partial charge in [-0.25, -0.2) is 4.79 Å². The molecule has 0 aliphatic heterocycles. The van der Waals surface area contributed by atoms with Crippen LogP contribution in [-0.4, -0.2) is 21.5 Å². The van der Waals surface area contributed by atoms with Crippen molar-refractivity contribution in [3.05, 3.63) is 58.3 Å².